The lowest BCUT2D eigenvalue weighted by Crippen LogP contribution is -2.34. The minimum Gasteiger partial charge on any atom is -0.377 e. The van der Waals surface area contributed by atoms with Gasteiger partial charge in [0.05, 0.1) is 27.8 Å². The zero-order valence-corrected chi connectivity index (χ0v) is 22.3. The molecule has 10 heteroatoms. The van der Waals surface area contributed by atoms with Crippen molar-refractivity contribution in [3.63, 3.8) is 0 Å². The Morgan fingerprint density at radius 2 is 1.97 bits per heavy atom. The van der Waals surface area contributed by atoms with E-state index >= 15 is 0 Å². The molecule has 1 fully saturated rings. The van der Waals surface area contributed by atoms with Gasteiger partial charge >= 0.3 is 0 Å². The fraction of sp³-hybridized carbons (Fsp3) is 0.296. The fourth-order valence-electron chi connectivity index (χ4n) is 4.31. The number of hydrogen-bond donors (Lipinski definition) is 0. The average molecular weight is 537 g/mol. The number of ether oxygens (including phenoxy) is 1. The molecule has 4 aromatic rings. The maximum absolute atomic E-state index is 13.7. The van der Waals surface area contributed by atoms with Crippen molar-refractivity contribution in [2.75, 3.05) is 25.1 Å². The molecule has 0 radical (unpaired) electrons. The topological polar surface area (TPSA) is 92.7 Å². The zero-order chi connectivity index (χ0) is 26.0. The van der Waals surface area contributed by atoms with Crippen LogP contribution in [0.4, 0.5) is 5.13 Å². The van der Waals surface area contributed by atoms with Crippen molar-refractivity contribution < 1.29 is 17.9 Å². The van der Waals surface area contributed by atoms with E-state index in [0.29, 0.717) is 23.8 Å². The highest BCUT2D eigenvalue weighted by Crippen LogP contribution is 2.31. The normalized spacial score (nSPS) is 15.9. The van der Waals surface area contributed by atoms with Crippen LogP contribution in [0.3, 0.4) is 0 Å². The Labute approximate surface area is 220 Å². The second-order valence-electron chi connectivity index (χ2n) is 9.17. The Morgan fingerprint density at radius 1 is 1.16 bits per heavy atom. The maximum Gasteiger partial charge on any atom is 0.260 e. The Hall–Kier alpha value is -3.18. The van der Waals surface area contributed by atoms with E-state index in [1.54, 1.807) is 36.5 Å². The summed E-state index contributed by atoms with van der Waals surface area (Å²) in [7, 11) is -2.15. The molecule has 3 heterocycles. The van der Waals surface area contributed by atoms with Crippen LogP contribution in [-0.2, 0) is 21.3 Å². The van der Waals surface area contributed by atoms with E-state index in [4.69, 9.17) is 9.72 Å². The van der Waals surface area contributed by atoms with Crippen LogP contribution in [0.15, 0.2) is 71.9 Å². The van der Waals surface area contributed by atoms with Gasteiger partial charge < -0.3 is 4.74 Å². The molecular formula is C27H28N4O4S2. The van der Waals surface area contributed by atoms with Crippen molar-refractivity contribution in [1.82, 2.24) is 14.3 Å². The van der Waals surface area contributed by atoms with Crippen molar-refractivity contribution in [3.8, 4) is 0 Å². The van der Waals surface area contributed by atoms with Gasteiger partial charge in [-0.3, -0.25) is 14.7 Å². The number of nitrogens with zero attached hydrogens (tertiary/aromatic N) is 4. The van der Waals surface area contributed by atoms with Gasteiger partial charge in [0.25, 0.3) is 5.91 Å². The van der Waals surface area contributed by atoms with Crippen molar-refractivity contribution >= 4 is 42.6 Å². The standard InChI is InChI=1S/C27H28N4O4S2/c1-19-7-12-24-25(15-19)36-27(29-24)31(17-20-5-3-13-28-16-20)26(32)21-8-10-23(11-9-21)37(33,34)30(2)18-22-6-4-14-35-22/h3,5,7-13,15-16,22H,4,6,14,17-18H2,1-2H3. The Kier molecular flexibility index (Phi) is 7.34. The molecule has 0 N–H and O–H groups in total. The first kappa shape index (κ1) is 25.5. The number of amides is 1. The monoisotopic (exact) mass is 536 g/mol. The lowest BCUT2D eigenvalue weighted by atomic mass is 10.2. The lowest BCUT2D eigenvalue weighted by Gasteiger charge is -2.21. The minimum absolute atomic E-state index is 0.0840. The van der Waals surface area contributed by atoms with Crippen LogP contribution in [0.1, 0.15) is 34.3 Å². The molecule has 8 nitrogen and oxygen atoms in total. The SMILES string of the molecule is Cc1ccc2nc(N(Cc3cccnc3)C(=O)c3ccc(S(=O)(=O)N(C)CC4CCCO4)cc3)sc2c1. The number of aromatic nitrogens is 2. The molecule has 1 saturated heterocycles. The number of thiazole rings is 1. The van der Waals surface area contributed by atoms with Crippen molar-refractivity contribution in [3.05, 3.63) is 83.7 Å². The number of carbonyl (C=O) groups is 1. The third-order valence-corrected chi connectivity index (χ3v) is 9.25. The predicted octanol–water partition coefficient (Wildman–Crippen LogP) is 4.65. The number of rotatable bonds is 8. The van der Waals surface area contributed by atoms with Crippen LogP contribution in [0.2, 0.25) is 0 Å². The smallest absolute Gasteiger partial charge is 0.260 e. The summed E-state index contributed by atoms with van der Waals surface area (Å²) in [6, 6.07) is 15.8. The van der Waals surface area contributed by atoms with Gasteiger partial charge in [-0.1, -0.05) is 23.5 Å². The molecule has 1 unspecified atom stereocenters. The van der Waals surface area contributed by atoms with Gasteiger partial charge in [-0.2, -0.15) is 4.31 Å². The summed E-state index contributed by atoms with van der Waals surface area (Å²) in [5.74, 6) is -0.267. The highest BCUT2D eigenvalue weighted by molar-refractivity contribution is 7.89. The number of benzene rings is 2. The van der Waals surface area contributed by atoms with Crippen LogP contribution in [-0.4, -0.2) is 54.9 Å². The third-order valence-electron chi connectivity index (χ3n) is 6.37. The number of carbonyl (C=O) groups excluding carboxylic acids is 1. The predicted molar refractivity (Wildman–Crippen MR) is 144 cm³/mol. The summed E-state index contributed by atoms with van der Waals surface area (Å²) in [4.78, 5) is 24.4. The molecule has 0 spiro atoms. The van der Waals surface area contributed by atoms with Gasteiger partial charge in [0.1, 0.15) is 0 Å². The number of aryl methyl sites for hydroxylation is 1. The van der Waals surface area contributed by atoms with Crippen molar-refractivity contribution in [2.45, 2.75) is 37.3 Å². The summed E-state index contributed by atoms with van der Waals surface area (Å²) < 4.78 is 34.1. The number of anilines is 1. The largest absolute Gasteiger partial charge is 0.377 e. The molecule has 1 aliphatic heterocycles. The van der Waals surface area contributed by atoms with E-state index in [1.807, 2.05) is 31.2 Å². The number of pyridine rings is 1. The summed E-state index contributed by atoms with van der Waals surface area (Å²) in [6.07, 6.45) is 5.12. The van der Waals surface area contributed by atoms with Gasteiger partial charge in [0.2, 0.25) is 10.0 Å². The van der Waals surface area contributed by atoms with E-state index in [0.717, 1.165) is 34.2 Å². The molecule has 2 aromatic carbocycles. The molecule has 0 saturated carbocycles. The van der Waals surface area contributed by atoms with Gasteiger partial charge in [-0.05, 0) is 73.4 Å². The summed E-state index contributed by atoms with van der Waals surface area (Å²) in [5, 5.41) is 0.572. The van der Waals surface area contributed by atoms with Gasteiger partial charge in [-0.25, -0.2) is 13.4 Å². The summed E-state index contributed by atoms with van der Waals surface area (Å²) >= 11 is 1.45. The van der Waals surface area contributed by atoms with Crippen LogP contribution in [0.5, 0.6) is 0 Å². The Balaban J connectivity index is 1.42. The molecule has 37 heavy (non-hydrogen) atoms. The first-order chi connectivity index (χ1) is 17.8. The molecule has 192 valence electrons. The van der Waals surface area contributed by atoms with Crippen molar-refractivity contribution in [2.24, 2.45) is 0 Å². The first-order valence-corrected chi connectivity index (χ1v) is 14.3. The molecule has 1 aliphatic rings. The van der Waals surface area contributed by atoms with Crippen molar-refractivity contribution in [1.29, 1.82) is 0 Å². The molecule has 0 aliphatic carbocycles. The Bertz CT molecular complexity index is 1500. The van der Waals surface area contributed by atoms with E-state index in [-0.39, 0.29) is 23.5 Å². The van der Waals surface area contributed by atoms with Crippen LogP contribution >= 0.6 is 11.3 Å². The van der Waals surface area contributed by atoms with Crippen LogP contribution < -0.4 is 4.90 Å². The molecule has 1 amide bonds. The molecule has 0 bridgehead atoms. The fourth-order valence-corrected chi connectivity index (χ4v) is 6.58. The van der Waals surface area contributed by atoms with Crippen LogP contribution in [0, 0.1) is 6.92 Å². The van der Waals surface area contributed by atoms with Crippen LogP contribution in [0.25, 0.3) is 10.2 Å². The lowest BCUT2D eigenvalue weighted by molar-refractivity contribution is 0.0978. The second-order valence-corrected chi connectivity index (χ2v) is 12.2. The third kappa shape index (κ3) is 5.57. The molecular weight excluding hydrogens is 508 g/mol. The van der Waals surface area contributed by atoms with E-state index in [1.165, 1.54) is 27.8 Å². The quantitative estimate of drug-likeness (QED) is 0.326. The molecule has 1 atom stereocenters. The Morgan fingerprint density at radius 3 is 2.68 bits per heavy atom. The van der Waals surface area contributed by atoms with E-state index in [9.17, 15) is 13.2 Å². The number of hydrogen-bond acceptors (Lipinski definition) is 7. The minimum atomic E-state index is -3.70. The van der Waals surface area contributed by atoms with Gasteiger partial charge in [-0.15, -0.1) is 0 Å². The zero-order valence-electron chi connectivity index (χ0n) is 20.7. The highest BCUT2D eigenvalue weighted by Gasteiger charge is 2.27. The summed E-state index contributed by atoms with van der Waals surface area (Å²) in [6.45, 7) is 3.28. The average Bonchev–Trinajstić information content (AvgIpc) is 3.57. The number of sulfonamides is 1. The van der Waals surface area contributed by atoms with E-state index < -0.39 is 10.0 Å². The number of fused-ring (bicyclic) bond motifs is 1. The molecule has 5 rings (SSSR count). The first-order valence-electron chi connectivity index (χ1n) is 12.1. The maximum atomic E-state index is 13.7. The van der Waals surface area contributed by atoms with Gasteiger partial charge in [0.15, 0.2) is 5.13 Å². The number of likely N-dealkylation sites (N-methyl/N-ethyl adjacent to an activating group) is 1. The summed E-state index contributed by atoms with van der Waals surface area (Å²) in [5.41, 5.74) is 3.18. The second kappa shape index (κ2) is 10.7. The van der Waals surface area contributed by atoms with E-state index in [2.05, 4.69) is 11.1 Å². The van der Waals surface area contributed by atoms with Gasteiger partial charge in [0, 0.05) is 38.2 Å². The highest BCUT2D eigenvalue weighted by atomic mass is 32.2. The molecule has 2 aromatic heterocycles.